The average Bonchev–Trinajstić information content (AvgIpc) is 2.91. The molecule has 5 nitrogen and oxygen atoms in total. The van der Waals surface area contributed by atoms with Crippen LogP contribution in [0.2, 0.25) is 0 Å². The number of hydrogen-bond acceptors (Lipinski definition) is 5. The van der Waals surface area contributed by atoms with Gasteiger partial charge in [-0.1, -0.05) is 13.8 Å². The summed E-state index contributed by atoms with van der Waals surface area (Å²) in [5, 5.41) is 12.8. The second kappa shape index (κ2) is 9.06. The minimum absolute atomic E-state index is 0.231. The molecule has 124 valence electrons. The van der Waals surface area contributed by atoms with Crippen molar-refractivity contribution in [3.63, 3.8) is 0 Å². The molecule has 0 amide bonds. The average molecular weight is 299 g/mol. The molecule has 0 aromatic rings. The topological polar surface area (TPSA) is 48.0 Å². The maximum atomic E-state index is 9.30. The first-order chi connectivity index (χ1) is 10.2. The minimum atomic E-state index is 0.231. The van der Waals surface area contributed by atoms with Gasteiger partial charge in [-0.15, -0.1) is 0 Å². The largest absolute Gasteiger partial charge is 0.395 e. The van der Waals surface area contributed by atoms with Crippen LogP contribution in [0.1, 0.15) is 26.7 Å². The molecule has 2 unspecified atom stereocenters. The van der Waals surface area contributed by atoms with Crippen LogP contribution >= 0.6 is 0 Å². The summed E-state index contributed by atoms with van der Waals surface area (Å²) in [7, 11) is 0. The Morgan fingerprint density at radius 2 is 2.24 bits per heavy atom. The molecule has 0 radical (unpaired) electrons. The van der Waals surface area contributed by atoms with Crippen molar-refractivity contribution in [1.82, 2.24) is 15.1 Å². The molecule has 5 heteroatoms. The Labute approximate surface area is 129 Å². The summed E-state index contributed by atoms with van der Waals surface area (Å²) in [4.78, 5) is 4.89. The summed E-state index contributed by atoms with van der Waals surface area (Å²) in [5.41, 5.74) is 0. The molecule has 0 aliphatic carbocycles. The van der Waals surface area contributed by atoms with Crippen molar-refractivity contribution in [3.8, 4) is 0 Å². The van der Waals surface area contributed by atoms with Crippen LogP contribution in [0.15, 0.2) is 0 Å². The second-order valence-corrected chi connectivity index (χ2v) is 6.92. The van der Waals surface area contributed by atoms with E-state index in [1.807, 2.05) is 0 Å². The number of nitrogens with one attached hydrogen (secondary N) is 1. The summed E-state index contributed by atoms with van der Waals surface area (Å²) in [6.07, 6.45) is 2.82. The van der Waals surface area contributed by atoms with Gasteiger partial charge in [0, 0.05) is 45.3 Å². The van der Waals surface area contributed by atoms with E-state index in [1.165, 1.54) is 12.8 Å². The lowest BCUT2D eigenvalue weighted by atomic mass is 10.1. The van der Waals surface area contributed by atoms with Crippen LogP contribution in [-0.4, -0.2) is 86.1 Å². The van der Waals surface area contributed by atoms with Crippen LogP contribution in [0.3, 0.4) is 0 Å². The molecule has 2 heterocycles. The highest BCUT2D eigenvalue weighted by Crippen LogP contribution is 2.12. The quantitative estimate of drug-likeness (QED) is 0.679. The Bertz CT molecular complexity index is 283. The smallest absolute Gasteiger partial charge is 0.0829 e. The third-order valence-corrected chi connectivity index (χ3v) is 4.37. The zero-order chi connectivity index (χ0) is 15.1. The SMILES string of the molecule is CC(C)CN1CCOC(CN(CCO)CC2CCCN2)C1. The molecule has 2 atom stereocenters. The molecule has 0 spiro atoms. The Morgan fingerprint density at radius 3 is 2.90 bits per heavy atom. The number of rotatable bonds is 8. The van der Waals surface area contributed by atoms with Crippen molar-refractivity contribution in [2.45, 2.75) is 38.8 Å². The van der Waals surface area contributed by atoms with Gasteiger partial charge in [-0.25, -0.2) is 0 Å². The number of aliphatic hydroxyl groups is 1. The fraction of sp³-hybridized carbons (Fsp3) is 1.00. The Kier molecular flexibility index (Phi) is 7.40. The maximum Gasteiger partial charge on any atom is 0.0829 e. The highest BCUT2D eigenvalue weighted by molar-refractivity contribution is 4.81. The lowest BCUT2D eigenvalue weighted by Crippen LogP contribution is -2.50. The van der Waals surface area contributed by atoms with Gasteiger partial charge in [-0.05, 0) is 25.3 Å². The van der Waals surface area contributed by atoms with Crippen LogP contribution in [0.25, 0.3) is 0 Å². The Morgan fingerprint density at radius 1 is 1.38 bits per heavy atom. The Balaban J connectivity index is 1.77. The lowest BCUT2D eigenvalue weighted by molar-refractivity contribution is -0.0479. The summed E-state index contributed by atoms with van der Waals surface area (Å²) in [6.45, 7) is 12.7. The van der Waals surface area contributed by atoms with Gasteiger partial charge in [0.2, 0.25) is 0 Å². The lowest BCUT2D eigenvalue weighted by Gasteiger charge is -2.37. The van der Waals surface area contributed by atoms with Crippen LogP contribution in [0.4, 0.5) is 0 Å². The van der Waals surface area contributed by atoms with Gasteiger partial charge in [0.1, 0.15) is 0 Å². The van der Waals surface area contributed by atoms with Crippen molar-refractivity contribution in [1.29, 1.82) is 0 Å². The van der Waals surface area contributed by atoms with E-state index < -0.39 is 0 Å². The fourth-order valence-corrected chi connectivity index (χ4v) is 3.48. The number of ether oxygens (including phenoxy) is 1. The van der Waals surface area contributed by atoms with E-state index in [-0.39, 0.29) is 12.7 Å². The highest BCUT2D eigenvalue weighted by Gasteiger charge is 2.25. The zero-order valence-electron chi connectivity index (χ0n) is 13.8. The molecule has 0 aromatic carbocycles. The standard InChI is InChI=1S/C16H33N3O2/c1-14(2)10-19-7-9-21-16(13-19)12-18(6-8-20)11-15-4-3-5-17-15/h14-17,20H,3-13H2,1-2H3. The third kappa shape index (κ3) is 6.20. The van der Waals surface area contributed by atoms with E-state index in [4.69, 9.17) is 4.74 Å². The van der Waals surface area contributed by atoms with Crippen molar-refractivity contribution < 1.29 is 9.84 Å². The molecule has 21 heavy (non-hydrogen) atoms. The first kappa shape index (κ1) is 17.2. The maximum absolute atomic E-state index is 9.30. The molecule has 0 aromatic heterocycles. The Hall–Kier alpha value is -0.200. The summed E-state index contributed by atoms with van der Waals surface area (Å²) >= 11 is 0. The van der Waals surface area contributed by atoms with Gasteiger partial charge in [0.05, 0.1) is 19.3 Å². The first-order valence-corrected chi connectivity index (χ1v) is 8.58. The number of morpholine rings is 1. The summed E-state index contributed by atoms with van der Waals surface area (Å²) in [6, 6.07) is 0.590. The molecule has 2 saturated heterocycles. The molecule has 0 bridgehead atoms. The normalized spacial score (nSPS) is 27.9. The predicted molar refractivity (Wildman–Crippen MR) is 85.6 cm³/mol. The van der Waals surface area contributed by atoms with Crippen molar-refractivity contribution in [2.75, 3.05) is 59.0 Å². The van der Waals surface area contributed by atoms with Gasteiger partial charge >= 0.3 is 0 Å². The fourth-order valence-electron chi connectivity index (χ4n) is 3.48. The highest BCUT2D eigenvalue weighted by atomic mass is 16.5. The third-order valence-electron chi connectivity index (χ3n) is 4.37. The van der Waals surface area contributed by atoms with Gasteiger partial charge in [-0.3, -0.25) is 9.80 Å². The first-order valence-electron chi connectivity index (χ1n) is 8.58. The second-order valence-electron chi connectivity index (χ2n) is 6.92. The van der Waals surface area contributed by atoms with Gasteiger partial charge in [0.25, 0.3) is 0 Å². The van der Waals surface area contributed by atoms with Crippen LogP contribution in [0.5, 0.6) is 0 Å². The molecule has 2 aliphatic rings. The van der Waals surface area contributed by atoms with Crippen LogP contribution in [0, 0.1) is 5.92 Å². The van der Waals surface area contributed by atoms with Gasteiger partial charge in [0.15, 0.2) is 0 Å². The van der Waals surface area contributed by atoms with Crippen molar-refractivity contribution in [2.24, 2.45) is 5.92 Å². The van der Waals surface area contributed by atoms with E-state index in [1.54, 1.807) is 0 Å². The van der Waals surface area contributed by atoms with E-state index >= 15 is 0 Å². The molecular weight excluding hydrogens is 266 g/mol. The molecule has 2 aliphatic heterocycles. The minimum Gasteiger partial charge on any atom is -0.395 e. The van der Waals surface area contributed by atoms with E-state index in [0.717, 1.165) is 52.4 Å². The number of hydrogen-bond donors (Lipinski definition) is 2. The molecule has 0 saturated carbocycles. The molecule has 2 fully saturated rings. The van der Waals surface area contributed by atoms with Crippen molar-refractivity contribution >= 4 is 0 Å². The van der Waals surface area contributed by atoms with Gasteiger partial charge in [-0.2, -0.15) is 0 Å². The summed E-state index contributed by atoms with van der Waals surface area (Å²) in [5.74, 6) is 0.708. The molecular formula is C16H33N3O2. The molecule has 2 rings (SSSR count). The number of nitrogens with zero attached hydrogens (tertiary/aromatic N) is 2. The predicted octanol–water partition coefficient (Wildman–Crippen LogP) is 0.390. The van der Waals surface area contributed by atoms with E-state index in [2.05, 4.69) is 29.0 Å². The van der Waals surface area contributed by atoms with Crippen LogP contribution in [-0.2, 0) is 4.74 Å². The zero-order valence-corrected chi connectivity index (χ0v) is 13.8. The number of aliphatic hydroxyl groups excluding tert-OH is 1. The van der Waals surface area contributed by atoms with E-state index in [9.17, 15) is 5.11 Å². The molecule has 2 N–H and O–H groups in total. The monoisotopic (exact) mass is 299 g/mol. The van der Waals surface area contributed by atoms with Crippen molar-refractivity contribution in [3.05, 3.63) is 0 Å². The van der Waals surface area contributed by atoms with E-state index in [0.29, 0.717) is 12.0 Å². The summed E-state index contributed by atoms with van der Waals surface area (Å²) < 4.78 is 5.95. The van der Waals surface area contributed by atoms with Crippen LogP contribution < -0.4 is 5.32 Å². The van der Waals surface area contributed by atoms with Gasteiger partial charge < -0.3 is 15.2 Å².